The predicted molar refractivity (Wildman–Crippen MR) is 171 cm³/mol. The maximum absolute atomic E-state index is 13.6. The lowest BCUT2D eigenvalue weighted by atomic mass is 10.2. The smallest absolute Gasteiger partial charge is 0.263 e. The lowest BCUT2D eigenvalue weighted by molar-refractivity contribution is -0.117. The van der Waals surface area contributed by atoms with Crippen LogP contribution in [0.3, 0.4) is 0 Å². The van der Waals surface area contributed by atoms with Crippen molar-refractivity contribution in [2.24, 2.45) is 0 Å². The molecule has 0 bridgehead atoms. The fourth-order valence-electron chi connectivity index (χ4n) is 4.82. The molecule has 3 N–H and O–H groups in total. The Kier molecular flexibility index (Phi) is 9.58. The first-order valence-corrected chi connectivity index (χ1v) is 15.5. The first-order chi connectivity index (χ1) is 21.3. The van der Waals surface area contributed by atoms with E-state index in [9.17, 15) is 13.2 Å². The number of carbonyl (C=O) groups is 1. The summed E-state index contributed by atoms with van der Waals surface area (Å²) < 4.78 is 40.5. The molecular formula is C31H35N7O5S. The zero-order valence-electron chi connectivity index (χ0n) is 24.6. The number of amides is 1. The quantitative estimate of drug-likeness (QED) is 0.201. The Morgan fingerprint density at radius 3 is 2.14 bits per heavy atom. The molecule has 0 spiro atoms. The van der Waals surface area contributed by atoms with Crippen molar-refractivity contribution in [1.29, 1.82) is 0 Å². The number of para-hydroxylation sites is 2. The van der Waals surface area contributed by atoms with Crippen LogP contribution in [-0.2, 0) is 14.8 Å². The fourth-order valence-corrected chi connectivity index (χ4v) is 5.87. The van der Waals surface area contributed by atoms with E-state index < -0.39 is 10.0 Å². The normalized spacial score (nSPS) is 14.1. The highest BCUT2D eigenvalue weighted by molar-refractivity contribution is 7.92. The molecule has 1 amide bonds. The molecule has 0 atom stereocenters. The molecule has 44 heavy (non-hydrogen) atoms. The van der Waals surface area contributed by atoms with E-state index in [0.29, 0.717) is 33.9 Å². The summed E-state index contributed by atoms with van der Waals surface area (Å²) in [4.78, 5) is 26.3. The van der Waals surface area contributed by atoms with Crippen LogP contribution >= 0.6 is 0 Å². The van der Waals surface area contributed by atoms with Crippen LogP contribution in [-0.4, -0.2) is 87.6 Å². The van der Waals surface area contributed by atoms with Gasteiger partial charge in [-0.2, -0.15) is 0 Å². The summed E-state index contributed by atoms with van der Waals surface area (Å²) in [7, 11) is -1.06. The molecule has 1 aliphatic rings. The highest BCUT2D eigenvalue weighted by Crippen LogP contribution is 2.31. The predicted octanol–water partition coefficient (Wildman–Crippen LogP) is 3.93. The highest BCUT2D eigenvalue weighted by Gasteiger charge is 2.21. The summed E-state index contributed by atoms with van der Waals surface area (Å²) in [6.45, 7) is 8.08. The van der Waals surface area contributed by atoms with Gasteiger partial charge >= 0.3 is 0 Å². The van der Waals surface area contributed by atoms with Crippen molar-refractivity contribution in [3.05, 3.63) is 79.4 Å². The molecule has 0 unspecified atom stereocenters. The number of anilines is 4. The van der Waals surface area contributed by atoms with Crippen molar-refractivity contribution < 1.29 is 22.7 Å². The second-order valence-corrected chi connectivity index (χ2v) is 11.9. The summed E-state index contributed by atoms with van der Waals surface area (Å²) in [5, 5.41) is 5.97. The number of nitrogens with one attached hydrogen (secondary N) is 3. The van der Waals surface area contributed by atoms with Crippen molar-refractivity contribution >= 4 is 50.0 Å². The van der Waals surface area contributed by atoms with Gasteiger partial charge in [-0.15, -0.1) is 6.58 Å². The number of ether oxygens (including phenoxy) is 2. The number of carbonyl (C=O) groups excluding carboxylic acids is 1. The molecule has 13 heteroatoms. The van der Waals surface area contributed by atoms with Crippen molar-refractivity contribution in [2.75, 3.05) is 68.8 Å². The van der Waals surface area contributed by atoms with Crippen LogP contribution in [0, 0.1) is 0 Å². The van der Waals surface area contributed by atoms with E-state index in [-0.39, 0.29) is 29.0 Å². The summed E-state index contributed by atoms with van der Waals surface area (Å²) in [5.41, 5.74) is 2.00. The molecule has 0 saturated carbocycles. The van der Waals surface area contributed by atoms with Crippen LogP contribution in [0.4, 0.5) is 23.0 Å². The molecule has 1 saturated heterocycles. The average molecular weight is 618 g/mol. The van der Waals surface area contributed by atoms with E-state index in [1.54, 1.807) is 48.5 Å². The molecule has 0 radical (unpaired) electrons. The Labute approximate surface area is 256 Å². The van der Waals surface area contributed by atoms with E-state index in [1.165, 1.54) is 26.4 Å². The molecule has 3 aromatic carbocycles. The van der Waals surface area contributed by atoms with E-state index in [0.717, 1.165) is 32.7 Å². The first-order valence-electron chi connectivity index (χ1n) is 14.0. The van der Waals surface area contributed by atoms with Gasteiger partial charge < -0.3 is 20.1 Å². The Balaban J connectivity index is 1.35. The van der Waals surface area contributed by atoms with Gasteiger partial charge in [0.2, 0.25) is 5.91 Å². The number of methoxy groups -OCH3 is 2. The zero-order valence-corrected chi connectivity index (χ0v) is 25.4. The van der Waals surface area contributed by atoms with Gasteiger partial charge in [0.1, 0.15) is 11.5 Å². The van der Waals surface area contributed by atoms with Crippen LogP contribution < -0.4 is 24.8 Å². The Morgan fingerprint density at radius 2 is 1.50 bits per heavy atom. The second kappa shape index (κ2) is 13.7. The fraction of sp³-hybridized carbons (Fsp3) is 0.258. The van der Waals surface area contributed by atoms with Gasteiger partial charge in [0.05, 0.1) is 36.7 Å². The third-order valence-corrected chi connectivity index (χ3v) is 8.40. The van der Waals surface area contributed by atoms with Crippen LogP contribution in [0.25, 0.3) is 11.0 Å². The van der Waals surface area contributed by atoms with Gasteiger partial charge in [-0.05, 0) is 30.3 Å². The van der Waals surface area contributed by atoms with Crippen LogP contribution in [0.15, 0.2) is 84.3 Å². The molecule has 1 fully saturated rings. The highest BCUT2D eigenvalue weighted by atomic mass is 32.2. The standard InChI is InChI=1S/C31H35N7O5S/c1-4-12-37-13-15-38(16-14-37)21-29(39)32-22-8-7-9-26(19-22)44(40,41)36-31-30(34-27-10-5-6-11-28(27)35-31)33-23-17-24(42-2)20-25(18-23)43-3/h4-11,17-20H,1,12-16,21H2,2-3H3,(H,32,39)(H,33,34)(H,35,36). The Bertz CT molecular complexity index is 1740. The third kappa shape index (κ3) is 7.61. The Hall–Kier alpha value is -4.72. The van der Waals surface area contributed by atoms with Crippen LogP contribution in [0.2, 0.25) is 0 Å². The molecule has 5 rings (SSSR count). The van der Waals surface area contributed by atoms with Gasteiger partial charge in [0, 0.05) is 62.3 Å². The van der Waals surface area contributed by atoms with Gasteiger partial charge in [-0.25, -0.2) is 18.4 Å². The van der Waals surface area contributed by atoms with E-state index in [1.807, 2.05) is 12.1 Å². The number of hydrogen-bond acceptors (Lipinski definition) is 10. The van der Waals surface area contributed by atoms with Gasteiger partial charge in [-0.3, -0.25) is 19.3 Å². The number of fused-ring (bicyclic) bond motifs is 1. The lowest BCUT2D eigenvalue weighted by Gasteiger charge is -2.33. The van der Waals surface area contributed by atoms with Gasteiger partial charge in [0.15, 0.2) is 11.6 Å². The number of hydrogen-bond donors (Lipinski definition) is 3. The van der Waals surface area contributed by atoms with Gasteiger partial charge in [-0.1, -0.05) is 24.3 Å². The van der Waals surface area contributed by atoms with E-state index in [4.69, 9.17) is 9.47 Å². The van der Waals surface area contributed by atoms with Crippen LogP contribution in [0.1, 0.15) is 0 Å². The molecule has 0 aliphatic carbocycles. The minimum atomic E-state index is -4.14. The average Bonchev–Trinajstić information content (AvgIpc) is 3.02. The number of nitrogens with zero attached hydrogens (tertiary/aromatic N) is 4. The molecule has 4 aromatic rings. The number of piperazine rings is 1. The van der Waals surface area contributed by atoms with Crippen LogP contribution in [0.5, 0.6) is 11.5 Å². The maximum Gasteiger partial charge on any atom is 0.263 e. The summed E-state index contributed by atoms with van der Waals surface area (Å²) in [5.74, 6) is 1.04. The second-order valence-electron chi connectivity index (χ2n) is 10.2. The Morgan fingerprint density at radius 1 is 0.864 bits per heavy atom. The number of sulfonamides is 1. The number of aromatic nitrogens is 2. The van der Waals surface area contributed by atoms with Crippen molar-refractivity contribution in [1.82, 2.24) is 19.8 Å². The topological polar surface area (TPSA) is 138 Å². The molecule has 1 aromatic heterocycles. The van der Waals surface area contributed by atoms with E-state index in [2.05, 4.69) is 41.7 Å². The SMILES string of the molecule is C=CCN1CCN(CC(=O)Nc2cccc(S(=O)(=O)Nc3nc4ccccc4nc3Nc3cc(OC)cc(OC)c3)c2)CC1. The zero-order chi connectivity index (χ0) is 31.1. The number of benzene rings is 3. The molecular weight excluding hydrogens is 582 g/mol. The van der Waals surface area contributed by atoms with E-state index >= 15 is 0 Å². The molecule has 12 nitrogen and oxygen atoms in total. The summed E-state index contributed by atoms with van der Waals surface area (Å²) in [6, 6.07) is 18.4. The lowest BCUT2D eigenvalue weighted by Crippen LogP contribution is -2.48. The molecule has 1 aliphatic heterocycles. The molecule has 230 valence electrons. The minimum Gasteiger partial charge on any atom is -0.497 e. The third-order valence-electron chi connectivity index (χ3n) is 7.06. The first kappa shape index (κ1) is 30.7. The monoisotopic (exact) mass is 617 g/mol. The van der Waals surface area contributed by atoms with Crippen molar-refractivity contribution in [2.45, 2.75) is 4.90 Å². The maximum atomic E-state index is 13.6. The molecule has 2 heterocycles. The number of rotatable bonds is 12. The summed E-state index contributed by atoms with van der Waals surface area (Å²) >= 11 is 0. The van der Waals surface area contributed by atoms with Crippen molar-refractivity contribution in [3.63, 3.8) is 0 Å². The van der Waals surface area contributed by atoms with Crippen molar-refractivity contribution in [3.8, 4) is 11.5 Å². The largest absolute Gasteiger partial charge is 0.497 e. The van der Waals surface area contributed by atoms with Gasteiger partial charge in [0.25, 0.3) is 10.0 Å². The minimum absolute atomic E-state index is 0.00415. The summed E-state index contributed by atoms with van der Waals surface area (Å²) in [6.07, 6.45) is 1.88.